The Bertz CT molecular complexity index is 817. The Hall–Kier alpha value is -2.53. The molecule has 27 heavy (non-hydrogen) atoms. The zero-order valence-electron chi connectivity index (χ0n) is 16.6. The molecule has 1 saturated heterocycles. The molecule has 3 N–H and O–H groups in total. The second kappa shape index (κ2) is 7.61. The molecule has 0 aliphatic carbocycles. The molecule has 0 spiro atoms. The molecule has 1 fully saturated rings. The Kier molecular flexibility index (Phi) is 5.42. The first-order valence-corrected chi connectivity index (χ1v) is 9.40. The molecule has 5 heteroatoms. The predicted molar refractivity (Wildman–Crippen MR) is 112 cm³/mol. The summed E-state index contributed by atoms with van der Waals surface area (Å²) in [5, 5.41) is 3.04. The number of morpholine rings is 1. The first-order chi connectivity index (χ1) is 12.8. The molecule has 1 aliphatic heterocycles. The van der Waals surface area contributed by atoms with Gasteiger partial charge in [0, 0.05) is 24.3 Å². The maximum absolute atomic E-state index is 12.7. The van der Waals surface area contributed by atoms with Gasteiger partial charge in [0.15, 0.2) is 0 Å². The van der Waals surface area contributed by atoms with Crippen molar-refractivity contribution in [2.45, 2.75) is 33.1 Å². The molecule has 144 valence electrons. The maximum Gasteiger partial charge on any atom is 0.255 e. The van der Waals surface area contributed by atoms with Crippen LogP contribution in [0.25, 0.3) is 0 Å². The standard InChI is InChI=1S/C22H29N3O2/c1-15-13-18(23)20(25-9-11-27-12-10-25)14-19(15)24-21(26)16-5-7-17(8-6-16)22(2,3)4/h5-8,13-14H,9-12,23H2,1-4H3,(H,24,26). The molecule has 0 bridgehead atoms. The summed E-state index contributed by atoms with van der Waals surface area (Å²) in [7, 11) is 0. The van der Waals surface area contributed by atoms with E-state index in [1.807, 2.05) is 43.3 Å². The van der Waals surface area contributed by atoms with E-state index in [0.717, 1.165) is 35.7 Å². The number of rotatable bonds is 3. The summed E-state index contributed by atoms with van der Waals surface area (Å²) in [5.74, 6) is -0.115. The summed E-state index contributed by atoms with van der Waals surface area (Å²) in [6.07, 6.45) is 0. The van der Waals surface area contributed by atoms with E-state index < -0.39 is 0 Å². The molecule has 2 aromatic rings. The Morgan fingerprint density at radius 1 is 1.11 bits per heavy atom. The van der Waals surface area contributed by atoms with E-state index in [2.05, 4.69) is 31.0 Å². The van der Waals surface area contributed by atoms with Gasteiger partial charge in [-0.3, -0.25) is 4.79 Å². The van der Waals surface area contributed by atoms with Crippen LogP contribution in [-0.2, 0) is 10.2 Å². The summed E-state index contributed by atoms with van der Waals surface area (Å²) < 4.78 is 5.42. The van der Waals surface area contributed by atoms with E-state index in [4.69, 9.17) is 10.5 Å². The van der Waals surface area contributed by atoms with E-state index in [-0.39, 0.29) is 11.3 Å². The van der Waals surface area contributed by atoms with Crippen molar-refractivity contribution in [2.75, 3.05) is 42.3 Å². The van der Waals surface area contributed by atoms with Crippen LogP contribution in [0, 0.1) is 6.92 Å². The molecule has 1 heterocycles. The number of hydrogen-bond donors (Lipinski definition) is 2. The van der Waals surface area contributed by atoms with Crippen LogP contribution >= 0.6 is 0 Å². The number of carbonyl (C=O) groups is 1. The fourth-order valence-electron chi connectivity index (χ4n) is 3.25. The van der Waals surface area contributed by atoms with Crippen molar-refractivity contribution in [3.63, 3.8) is 0 Å². The van der Waals surface area contributed by atoms with Crippen molar-refractivity contribution in [3.8, 4) is 0 Å². The molecule has 1 amide bonds. The molecule has 0 saturated carbocycles. The number of nitrogens with two attached hydrogens (primary N) is 1. The SMILES string of the molecule is Cc1cc(N)c(N2CCOCC2)cc1NC(=O)c1ccc(C(C)(C)C)cc1. The van der Waals surface area contributed by atoms with Gasteiger partial charge in [-0.05, 0) is 47.7 Å². The molecular weight excluding hydrogens is 338 g/mol. The number of nitrogen functional groups attached to an aromatic ring is 1. The maximum atomic E-state index is 12.7. The van der Waals surface area contributed by atoms with Crippen LogP contribution in [0.15, 0.2) is 36.4 Å². The zero-order chi connectivity index (χ0) is 19.6. The lowest BCUT2D eigenvalue weighted by atomic mass is 9.86. The van der Waals surface area contributed by atoms with Gasteiger partial charge in [0.2, 0.25) is 0 Å². The molecule has 3 rings (SSSR count). The van der Waals surface area contributed by atoms with E-state index in [1.165, 1.54) is 5.56 Å². The minimum atomic E-state index is -0.115. The Balaban J connectivity index is 1.81. The van der Waals surface area contributed by atoms with Gasteiger partial charge in [-0.1, -0.05) is 32.9 Å². The number of amides is 1. The fraction of sp³-hybridized carbons (Fsp3) is 0.409. The smallest absolute Gasteiger partial charge is 0.255 e. The van der Waals surface area contributed by atoms with E-state index >= 15 is 0 Å². The number of carbonyl (C=O) groups excluding carboxylic acids is 1. The summed E-state index contributed by atoms with van der Waals surface area (Å²) in [6, 6.07) is 11.7. The van der Waals surface area contributed by atoms with Crippen molar-refractivity contribution in [1.29, 1.82) is 0 Å². The molecule has 1 aliphatic rings. The molecule has 0 aromatic heterocycles. The lowest BCUT2D eigenvalue weighted by Gasteiger charge is -2.30. The highest BCUT2D eigenvalue weighted by Gasteiger charge is 2.18. The van der Waals surface area contributed by atoms with Crippen LogP contribution in [0.3, 0.4) is 0 Å². The number of ether oxygens (including phenoxy) is 1. The number of hydrogen-bond acceptors (Lipinski definition) is 4. The zero-order valence-corrected chi connectivity index (χ0v) is 16.6. The minimum absolute atomic E-state index is 0.0651. The average molecular weight is 367 g/mol. The van der Waals surface area contributed by atoms with Crippen LogP contribution in [0.1, 0.15) is 42.3 Å². The van der Waals surface area contributed by atoms with Gasteiger partial charge in [-0.2, -0.15) is 0 Å². The number of anilines is 3. The first kappa shape index (κ1) is 19.2. The molecule has 2 aromatic carbocycles. The lowest BCUT2D eigenvalue weighted by molar-refractivity contribution is 0.102. The largest absolute Gasteiger partial charge is 0.397 e. The third kappa shape index (κ3) is 4.42. The number of benzene rings is 2. The van der Waals surface area contributed by atoms with E-state index in [0.29, 0.717) is 18.8 Å². The molecule has 5 nitrogen and oxygen atoms in total. The normalized spacial score (nSPS) is 14.9. The van der Waals surface area contributed by atoms with Gasteiger partial charge in [0.05, 0.1) is 24.6 Å². The van der Waals surface area contributed by atoms with Crippen LogP contribution in [0.2, 0.25) is 0 Å². The monoisotopic (exact) mass is 367 g/mol. The predicted octanol–water partition coefficient (Wildman–Crippen LogP) is 3.96. The highest BCUT2D eigenvalue weighted by Crippen LogP contribution is 2.31. The van der Waals surface area contributed by atoms with Crippen molar-refractivity contribution < 1.29 is 9.53 Å². The van der Waals surface area contributed by atoms with E-state index in [1.54, 1.807) is 0 Å². The van der Waals surface area contributed by atoms with Crippen LogP contribution < -0.4 is 16.0 Å². The highest BCUT2D eigenvalue weighted by molar-refractivity contribution is 6.05. The van der Waals surface area contributed by atoms with Crippen LogP contribution in [0.4, 0.5) is 17.1 Å². The molecule has 0 atom stereocenters. The van der Waals surface area contributed by atoms with Gasteiger partial charge in [0.1, 0.15) is 0 Å². The van der Waals surface area contributed by atoms with Gasteiger partial charge < -0.3 is 20.7 Å². The second-order valence-electron chi connectivity index (χ2n) is 8.11. The summed E-state index contributed by atoms with van der Waals surface area (Å²) >= 11 is 0. The third-order valence-corrected chi connectivity index (χ3v) is 4.99. The Morgan fingerprint density at radius 3 is 2.33 bits per heavy atom. The molecule has 0 unspecified atom stereocenters. The van der Waals surface area contributed by atoms with Gasteiger partial charge in [-0.25, -0.2) is 0 Å². The summed E-state index contributed by atoms with van der Waals surface area (Å²) in [6.45, 7) is 11.4. The number of nitrogens with one attached hydrogen (secondary N) is 1. The van der Waals surface area contributed by atoms with Crippen molar-refractivity contribution >= 4 is 23.0 Å². The minimum Gasteiger partial charge on any atom is -0.397 e. The Labute approximate surface area is 161 Å². The van der Waals surface area contributed by atoms with Gasteiger partial charge in [-0.15, -0.1) is 0 Å². The number of nitrogens with zero attached hydrogens (tertiary/aromatic N) is 1. The fourth-order valence-corrected chi connectivity index (χ4v) is 3.25. The molecule has 0 radical (unpaired) electrons. The van der Waals surface area contributed by atoms with Crippen molar-refractivity contribution in [3.05, 3.63) is 53.1 Å². The highest BCUT2D eigenvalue weighted by atomic mass is 16.5. The Morgan fingerprint density at radius 2 is 1.74 bits per heavy atom. The van der Waals surface area contributed by atoms with Crippen LogP contribution in [0.5, 0.6) is 0 Å². The quantitative estimate of drug-likeness (QED) is 0.806. The van der Waals surface area contributed by atoms with Gasteiger partial charge >= 0.3 is 0 Å². The first-order valence-electron chi connectivity index (χ1n) is 9.40. The van der Waals surface area contributed by atoms with Gasteiger partial charge in [0.25, 0.3) is 5.91 Å². The second-order valence-corrected chi connectivity index (χ2v) is 8.11. The van der Waals surface area contributed by atoms with E-state index in [9.17, 15) is 4.79 Å². The lowest BCUT2D eigenvalue weighted by Crippen LogP contribution is -2.36. The topological polar surface area (TPSA) is 67.6 Å². The van der Waals surface area contributed by atoms with Crippen molar-refractivity contribution in [2.24, 2.45) is 0 Å². The van der Waals surface area contributed by atoms with Crippen LogP contribution in [-0.4, -0.2) is 32.2 Å². The summed E-state index contributed by atoms with van der Waals surface area (Å²) in [5.41, 5.74) is 11.5. The summed E-state index contributed by atoms with van der Waals surface area (Å²) in [4.78, 5) is 14.9. The molecular formula is C22H29N3O2. The third-order valence-electron chi connectivity index (χ3n) is 4.99. The number of aryl methyl sites for hydroxylation is 1. The van der Waals surface area contributed by atoms with Crippen molar-refractivity contribution in [1.82, 2.24) is 0 Å². The average Bonchev–Trinajstić information content (AvgIpc) is 2.64.